The Kier molecular flexibility index (Phi) is 5.24. The predicted molar refractivity (Wildman–Crippen MR) is 100.0 cm³/mol. The lowest BCUT2D eigenvalue weighted by molar-refractivity contribution is -0.385. The first-order chi connectivity index (χ1) is 12.4. The quantitative estimate of drug-likeness (QED) is 0.520. The third-order valence-corrected chi connectivity index (χ3v) is 4.71. The number of nitro groups is 1. The number of aromatic nitrogens is 2. The Labute approximate surface area is 157 Å². The van der Waals surface area contributed by atoms with Crippen LogP contribution in [0.4, 0.5) is 10.8 Å². The maximum Gasteiger partial charge on any atom is 0.273 e. The number of halogens is 1. The number of anilines is 1. The van der Waals surface area contributed by atoms with E-state index in [4.69, 9.17) is 11.6 Å². The molecule has 0 radical (unpaired) electrons. The lowest BCUT2D eigenvalue weighted by Gasteiger charge is -2.02. The molecule has 7 nitrogen and oxygen atoms in total. The summed E-state index contributed by atoms with van der Waals surface area (Å²) in [5, 5.41) is 23.3. The Bertz CT molecular complexity index is 972. The van der Waals surface area contributed by atoms with Crippen molar-refractivity contribution in [3.63, 3.8) is 0 Å². The van der Waals surface area contributed by atoms with Crippen molar-refractivity contribution in [2.45, 2.75) is 13.3 Å². The Balaban J connectivity index is 1.70. The normalized spacial score (nSPS) is 10.5. The average Bonchev–Trinajstić information content (AvgIpc) is 3.04. The van der Waals surface area contributed by atoms with E-state index in [1.807, 2.05) is 12.1 Å². The smallest absolute Gasteiger partial charge is 0.273 e. The lowest BCUT2D eigenvalue weighted by Crippen LogP contribution is -2.12. The summed E-state index contributed by atoms with van der Waals surface area (Å²) >= 11 is 7.11. The number of nitrogens with zero attached hydrogens (tertiary/aromatic N) is 3. The van der Waals surface area contributed by atoms with E-state index >= 15 is 0 Å². The van der Waals surface area contributed by atoms with Crippen LogP contribution in [0, 0.1) is 17.0 Å². The molecule has 0 saturated heterocycles. The molecular weight excluding hydrogens is 376 g/mol. The molecule has 1 aromatic heterocycles. The summed E-state index contributed by atoms with van der Waals surface area (Å²) < 4.78 is 0. The zero-order chi connectivity index (χ0) is 18.7. The number of hydrogen-bond acceptors (Lipinski definition) is 6. The number of rotatable bonds is 5. The third kappa shape index (κ3) is 4.22. The molecule has 0 bridgehead atoms. The largest absolute Gasteiger partial charge is 0.296 e. The van der Waals surface area contributed by atoms with Gasteiger partial charge in [-0.1, -0.05) is 41.1 Å². The molecule has 1 amide bonds. The Morgan fingerprint density at radius 3 is 2.65 bits per heavy atom. The van der Waals surface area contributed by atoms with E-state index in [0.29, 0.717) is 22.1 Å². The van der Waals surface area contributed by atoms with Crippen molar-refractivity contribution in [3.05, 3.63) is 79.3 Å². The minimum atomic E-state index is -0.513. The molecule has 0 aliphatic rings. The van der Waals surface area contributed by atoms with Crippen molar-refractivity contribution in [1.29, 1.82) is 0 Å². The van der Waals surface area contributed by atoms with Gasteiger partial charge in [0.2, 0.25) is 5.13 Å². The number of aryl methyl sites for hydroxylation is 1. The van der Waals surface area contributed by atoms with Gasteiger partial charge in [-0.05, 0) is 30.7 Å². The average molecular weight is 389 g/mol. The fraction of sp³-hybridized carbons (Fsp3) is 0.118. The van der Waals surface area contributed by atoms with Gasteiger partial charge in [0, 0.05) is 28.6 Å². The van der Waals surface area contributed by atoms with Gasteiger partial charge in [-0.2, -0.15) is 0 Å². The second-order valence-electron chi connectivity index (χ2n) is 5.52. The monoisotopic (exact) mass is 388 g/mol. The number of carbonyl (C=O) groups excluding carboxylic acids is 1. The highest BCUT2D eigenvalue weighted by molar-refractivity contribution is 7.15. The Morgan fingerprint density at radius 1 is 1.23 bits per heavy atom. The van der Waals surface area contributed by atoms with E-state index in [-0.39, 0.29) is 11.3 Å². The number of benzene rings is 2. The Morgan fingerprint density at radius 2 is 1.96 bits per heavy atom. The van der Waals surface area contributed by atoms with Crippen LogP contribution in [0.25, 0.3) is 0 Å². The topological polar surface area (TPSA) is 98.0 Å². The third-order valence-electron chi connectivity index (χ3n) is 3.62. The van der Waals surface area contributed by atoms with Crippen LogP contribution in [0.2, 0.25) is 5.02 Å². The first-order valence-corrected chi connectivity index (χ1v) is 8.75. The van der Waals surface area contributed by atoms with E-state index in [9.17, 15) is 14.9 Å². The minimum absolute atomic E-state index is 0.0988. The lowest BCUT2D eigenvalue weighted by atomic mass is 10.1. The molecule has 132 valence electrons. The van der Waals surface area contributed by atoms with E-state index in [0.717, 1.165) is 10.6 Å². The molecule has 3 aromatic rings. The molecule has 0 saturated carbocycles. The first-order valence-electron chi connectivity index (χ1n) is 7.55. The van der Waals surface area contributed by atoms with Crippen molar-refractivity contribution in [2.24, 2.45) is 0 Å². The molecule has 2 aromatic carbocycles. The molecule has 1 heterocycles. The maximum atomic E-state index is 12.3. The summed E-state index contributed by atoms with van der Waals surface area (Å²) in [6.45, 7) is 1.62. The minimum Gasteiger partial charge on any atom is -0.296 e. The second kappa shape index (κ2) is 7.59. The van der Waals surface area contributed by atoms with Crippen LogP contribution in [-0.2, 0) is 6.42 Å². The standard InChI is InChI=1S/C17H13ClN4O3S/c1-10-2-5-12(9-14(10)22(24)25)16(23)19-17-21-20-15(26-17)8-11-3-6-13(18)7-4-11/h2-7,9H,8H2,1H3,(H,19,21,23). The number of carbonyl (C=O) groups is 1. The molecule has 0 spiro atoms. The highest BCUT2D eigenvalue weighted by Crippen LogP contribution is 2.22. The summed E-state index contributed by atoms with van der Waals surface area (Å²) in [4.78, 5) is 22.8. The van der Waals surface area contributed by atoms with Crippen LogP contribution in [0.3, 0.4) is 0 Å². The SMILES string of the molecule is Cc1ccc(C(=O)Nc2nnc(Cc3ccc(Cl)cc3)s2)cc1[N+](=O)[O-]. The van der Waals surface area contributed by atoms with Crippen LogP contribution in [0.15, 0.2) is 42.5 Å². The van der Waals surface area contributed by atoms with Gasteiger partial charge in [-0.3, -0.25) is 20.2 Å². The van der Waals surface area contributed by atoms with E-state index in [2.05, 4.69) is 15.5 Å². The highest BCUT2D eigenvalue weighted by atomic mass is 35.5. The summed E-state index contributed by atoms with van der Waals surface area (Å²) in [7, 11) is 0. The van der Waals surface area contributed by atoms with Gasteiger partial charge in [0.25, 0.3) is 11.6 Å². The van der Waals surface area contributed by atoms with Crippen molar-refractivity contribution < 1.29 is 9.72 Å². The molecule has 0 fully saturated rings. The molecule has 1 N–H and O–H groups in total. The van der Waals surface area contributed by atoms with Gasteiger partial charge in [-0.25, -0.2) is 0 Å². The van der Waals surface area contributed by atoms with E-state index in [1.165, 1.54) is 23.5 Å². The van der Waals surface area contributed by atoms with Crippen molar-refractivity contribution in [2.75, 3.05) is 5.32 Å². The van der Waals surface area contributed by atoms with E-state index in [1.54, 1.807) is 25.1 Å². The molecule has 0 aliphatic heterocycles. The van der Waals surface area contributed by atoms with Crippen LogP contribution in [0.1, 0.15) is 26.5 Å². The predicted octanol–water partition coefficient (Wildman–Crippen LogP) is 4.25. The molecular formula is C17H13ClN4O3S. The number of hydrogen-bond donors (Lipinski definition) is 1. The van der Waals surface area contributed by atoms with Crippen LogP contribution in [-0.4, -0.2) is 21.0 Å². The number of nitro benzene ring substituents is 1. The van der Waals surface area contributed by atoms with Crippen LogP contribution in [0.5, 0.6) is 0 Å². The molecule has 26 heavy (non-hydrogen) atoms. The summed E-state index contributed by atoms with van der Waals surface area (Å²) in [6.07, 6.45) is 0.570. The van der Waals surface area contributed by atoms with Crippen molar-refractivity contribution >= 4 is 39.7 Å². The zero-order valence-electron chi connectivity index (χ0n) is 13.6. The molecule has 0 aliphatic carbocycles. The van der Waals surface area contributed by atoms with Gasteiger partial charge in [0.15, 0.2) is 0 Å². The van der Waals surface area contributed by atoms with Gasteiger partial charge in [-0.15, -0.1) is 10.2 Å². The highest BCUT2D eigenvalue weighted by Gasteiger charge is 2.16. The zero-order valence-corrected chi connectivity index (χ0v) is 15.2. The number of amides is 1. The molecule has 0 unspecified atom stereocenters. The maximum absolute atomic E-state index is 12.3. The van der Waals surface area contributed by atoms with Gasteiger partial charge < -0.3 is 0 Å². The second-order valence-corrected chi connectivity index (χ2v) is 7.02. The van der Waals surface area contributed by atoms with Gasteiger partial charge in [0.05, 0.1) is 4.92 Å². The molecule has 0 atom stereocenters. The summed E-state index contributed by atoms with van der Waals surface area (Å²) in [5.41, 5.74) is 1.61. The molecule has 3 rings (SSSR count). The fourth-order valence-electron chi connectivity index (χ4n) is 2.27. The van der Waals surface area contributed by atoms with Crippen molar-refractivity contribution in [3.8, 4) is 0 Å². The fourth-order valence-corrected chi connectivity index (χ4v) is 3.16. The number of nitrogens with one attached hydrogen (secondary N) is 1. The van der Waals surface area contributed by atoms with E-state index < -0.39 is 10.8 Å². The molecule has 9 heteroatoms. The Hall–Kier alpha value is -2.84. The van der Waals surface area contributed by atoms with Crippen molar-refractivity contribution in [1.82, 2.24) is 10.2 Å². The van der Waals surface area contributed by atoms with Crippen LogP contribution >= 0.6 is 22.9 Å². The van der Waals surface area contributed by atoms with Gasteiger partial charge in [0.1, 0.15) is 5.01 Å². The van der Waals surface area contributed by atoms with Crippen LogP contribution < -0.4 is 5.32 Å². The summed E-state index contributed by atoms with van der Waals surface area (Å²) in [6, 6.07) is 11.7. The van der Waals surface area contributed by atoms with Gasteiger partial charge >= 0.3 is 0 Å². The summed E-state index contributed by atoms with van der Waals surface area (Å²) in [5.74, 6) is -0.470. The first kappa shape index (κ1) is 18.0.